The first-order valence-electron chi connectivity index (χ1n) is 13.8. The average molecular weight is 593 g/mol. The summed E-state index contributed by atoms with van der Waals surface area (Å²) in [6, 6.07) is 10.7. The molecule has 0 radical (unpaired) electrons. The molecule has 2 amide bonds. The summed E-state index contributed by atoms with van der Waals surface area (Å²) in [5.74, 6) is -1.35. The molecule has 0 bridgehead atoms. The third-order valence-corrected chi connectivity index (χ3v) is 9.15. The van der Waals surface area contributed by atoms with Gasteiger partial charge in [-0.1, -0.05) is 26.0 Å². The number of hydrogen-bond acceptors (Lipinski definition) is 7. The van der Waals surface area contributed by atoms with Crippen LogP contribution in [-0.4, -0.2) is 69.4 Å². The third-order valence-electron chi connectivity index (χ3n) is 7.46. The Morgan fingerprint density at radius 2 is 1.74 bits per heavy atom. The van der Waals surface area contributed by atoms with Gasteiger partial charge in [0.25, 0.3) is 11.8 Å². The molecule has 2 heterocycles. The molecule has 0 saturated carbocycles. The van der Waals surface area contributed by atoms with Crippen LogP contribution < -0.4 is 10.6 Å². The summed E-state index contributed by atoms with van der Waals surface area (Å²) in [7, 11) is -2.50. The van der Waals surface area contributed by atoms with E-state index in [2.05, 4.69) is 39.1 Å². The minimum Gasteiger partial charge on any atom is -0.465 e. The van der Waals surface area contributed by atoms with Gasteiger partial charge in [0.05, 0.1) is 34.5 Å². The maximum atomic E-state index is 13.3. The lowest BCUT2D eigenvalue weighted by Crippen LogP contribution is -2.35. The Balaban J connectivity index is 1.58. The molecule has 222 valence electrons. The first kappa shape index (κ1) is 30.7. The fourth-order valence-corrected chi connectivity index (χ4v) is 6.39. The maximum Gasteiger partial charge on any atom is 0.337 e. The van der Waals surface area contributed by atoms with E-state index in [1.165, 1.54) is 31.4 Å². The number of aromatic nitrogens is 1. The highest BCUT2D eigenvalue weighted by Gasteiger charge is 2.28. The fraction of sp³-hybridized carbons (Fsp3) is 0.323. The van der Waals surface area contributed by atoms with Crippen molar-refractivity contribution in [3.8, 4) is 0 Å². The number of esters is 1. The van der Waals surface area contributed by atoms with Crippen LogP contribution in [0.4, 0.5) is 5.69 Å². The topological polar surface area (TPSA) is 138 Å². The van der Waals surface area contributed by atoms with Crippen molar-refractivity contribution in [3.05, 3.63) is 81.7 Å². The molecule has 3 N–H and O–H groups in total. The number of likely N-dealkylation sites (N-methyl/N-ethyl adjacent to an activating group) is 1. The van der Waals surface area contributed by atoms with Crippen molar-refractivity contribution in [3.63, 3.8) is 0 Å². The van der Waals surface area contributed by atoms with E-state index in [1.807, 2.05) is 6.92 Å². The Kier molecular flexibility index (Phi) is 9.33. The summed E-state index contributed by atoms with van der Waals surface area (Å²) >= 11 is 0. The smallest absolute Gasteiger partial charge is 0.337 e. The van der Waals surface area contributed by atoms with Crippen molar-refractivity contribution in [2.24, 2.45) is 0 Å². The summed E-state index contributed by atoms with van der Waals surface area (Å²) in [4.78, 5) is 43.1. The van der Waals surface area contributed by atoms with Crippen molar-refractivity contribution in [2.45, 2.75) is 38.3 Å². The molecule has 10 nitrogen and oxygen atoms in total. The van der Waals surface area contributed by atoms with E-state index in [4.69, 9.17) is 0 Å². The zero-order valence-electron chi connectivity index (χ0n) is 24.5. The zero-order valence-corrected chi connectivity index (χ0v) is 25.3. The van der Waals surface area contributed by atoms with Gasteiger partial charge in [-0.15, -0.1) is 0 Å². The summed E-state index contributed by atoms with van der Waals surface area (Å²) in [5, 5.41) is 5.76. The molecule has 0 spiro atoms. The van der Waals surface area contributed by atoms with Crippen molar-refractivity contribution < 1.29 is 27.5 Å². The predicted molar refractivity (Wildman–Crippen MR) is 162 cm³/mol. The number of amides is 2. The van der Waals surface area contributed by atoms with E-state index < -0.39 is 15.8 Å². The summed E-state index contributed by atoms with van der Waals surface area (Å²) in [5.41, 5.74) is 4.57. The van der Waals surface area contributed by atoms with Crippen LogP contribution in [0.15, 0.2) is 47.4 Å². The van der Waals surface area contributed by atoms with Crippen LogP contribution >= 0.6 is 0 Å². The molecular formula is C31H36N4O6S. The van der Waals surface area contributed by atoms with Gasteiger partial charge in [-0.3, -0.25) is 9.59 Å². The Morgan fingerprint density at radius 3 is 2.38 bits per heavy atom. The molecule has 0 aliphatic carbocycles. The number of nitrogens with zero attached hydrogens (tertiary/aromatic N) is 1. The van der Waals surface area contributed by atoms with Gasteiger partial charge in [-0.05, 0) is 74.5 Å². The number of ether oxygens (including phenoxy) is 1. The van der Waals surface area contributed by atoms with Crippen molar-refractivity contribution in [1.29, 1.82) is 0 Å². The normalized spacial score (nSPS) is 13.8. The number of hydrogen-bond donors (Lipinski definition) is 3. The number of rotatable bonds is 11. The lowest BCUT2D eigenvalue weighted by atomic mass is 10.0. The van der Waals surface area contributed by atoms with E-state index >= 15 is 0 Å². The number of aromatic amines is 1. The molecule has 42 heavy (non-hydrogen) atoms. The summed E-state index contributed by atoms with van der Waals surface area (Å²) in [6.07, 6.45) is 1.65. The van der Waals surface area contributed by atoms with Crippen molar-refractivity contribution in [2.75, 3.05) is 38.6 Å². The second-order valence-corrected chi connectivity index (χ2v) is 12.1. The Bertz CT molecular complexity index is 1650. The van der Waals surface area contributed by atoms with Gasteiger partial charge in [-0.25, -0.2) is 13.2 Å². The van der Waals surface area contributed by atoms with E-state index in [0.717, 1.165) is 19.6 Å². The molecular weight excluding hydrogens is 556 g/mol. The standard InChI is InChI=1S/C31H36N4O6S/c1-6-35(7-2)15-14-32-30(37)28-19(3)27(33-20(28)4)17-25-24-16-23(12-13-26(24)34-29(25)36)42(39,40)18-21-8-10-22(11-9-21)31(38)41-5/h8-13,16-17,33H,6-7,14-15,18H2,1-5H3,(H,32,37)(H,34,36). The average Bonchev–Trinajstić information content (AvgIpc) is 3.44. The zero-order chi connectivity index (χ0) is 30.6. The fourth-order valence-electron chi connectivity index (χ4n) is 5.02. The second kappa shape index (κ2) is 12.7. The van der Waals surface area contributed by atoms with Crippen LogP contribution in [0.1, 0.15) is 62.6 Å². The molecule has 4 rings (SSSR count). The van der Waals surface area contributed by atoms with Crippen LogP contribution in [0.25, 0.3) is 11.6 Å². The Hall–Kier alpha value is -4.22. The number of nitrogens with one attached hydrogen (secondary N) is 3. The SMILES string of the molecule is CCN(CC)CCNC(=O)c1c(C)[nH]c(C=C2C(=O)Nc3ccc(S(=O)(=O)Cc4ccc(C(=O)OC)cc4)cc32)c1C. The van der Waals surface area contributed by atoms with Crippen LogP contribution in [0, 0.1) is 13.8 Å². The van der Waals surface area contributed by atoms with E-state index in [1.54, 1.807) is 31.2 Å². The Labute approximate surface area is 246 Å². The molecule has 1 aromatic heterocycles. The van der Waals surface area contributed by atoms with Gasteiger partial charge in [0, 0.05) is 35.7 Å². The number of sulfone groups is 1. The molecule has 0 fully saturated rings. The summed E-state index contributed by atoms with van der Waals surface area (Å²) < 4.78 is 31.3. The van der Waals surface area contributed by atoms with Gasteiger partial charge >= 0.3 is 5.97 Å². The first-order chi connectivity index (χ1) is 20.0. The molecule has 1 aliphatic rings. The minimum absolute atomic E-state index is 0.0633. The third kappa shape index (κ3) is 6.47. The number of H-pyrrole nitrogens is 1. The second-order valence-electron chi connectivity index (χ2n) is 10.1. The number of aryl methyl sites for hydroxylation is 1. The number of fused-ring (bicyclic) bond motifs is 1. The predicted octanol–water partition coefficient (Wildman–Crippen LogP) is 3.96. The van der Waals surface area contributed by atoms with Crippen molar-refractivity contribution >= 4 is 45.0 Å². The monoisotopic (exact) mass is 592 g/mol. The number of carbonyl (C=O) groups excluding carboxylic acids is 3. The van der Waals surface area contributed by atoms with Crippen LogP contribution in [0.2, 0.25) is 0 Å². The largest absolute Gasteiger partial charge is 0.465 e. The highest BCUT2D eigenvalue weighted by Crippen LogP contribution is 2.36. The van der Waals surface area contributed by atoms with Gasteiger partial charge in [0.15, 0.2) is 9.84 Å². The van der Waals surface area contributed by atoms with Crippen LogP contribution in [0.3, 0.4) is 0 Å². The van der Waals surface area contributed by atoms with Gasteiger partial charge in [-0.2, -0.15) is 0 Å². The van der Waals surface area contributed by atoms with Gasteiger partial charge < -0.3 is 25.3 Å². The molecule has 0 saturated heterocycles. The molecule has 0 unspecified atom stereocenters. The van der Waals surface area contributed by atoms with Crippen LogP contribution in [-0.2, 0) is 25.1 Å². The number of carbonyl (C=O) groups is 3. The van der Waals surface area contributed by atoms with Crippen LogP contribution in [0.5, 0.6) is 0 Å². The van der Waals surface area contributed by atoms with Gasteiger partial charge in [0.2, 0.25) is 0 Å². The molecule has 1 aliphatic heterocycles. The quantitative estimate of drug-likeness (QED) is 0.226. The molecule has 0 atom stereocenters. The number of benzene rings is 2. The highest BCUT2D eigenvalue weighted by molar-refractivity contribution is 7.90. The first-order valence-corrected chi connectivity index (χ1v) is 15.4. The van der Waals surface area contributed by atoms with E-state index in [-0.39, 0.29) is 22.5 Å². The molecule has 11 heteroatoms. The lowest BCUT2D eigenvalue weighted by Gasteiger charge is -2.18. The van der Waals surface area contributed by atoms with E-state index in [9.17, 15) is 22.8 Å². The Morgan fingerprint density at radius 1 is 1.05 bits per heavy atom. The number of anilines is 1. The molecule has 2 aromatic carbocycles. The minimum atomic E-state index is -3.78. The summed E-state index contributed by atoms with van der Waals surface area (Å²) in [6.45, 7) is 10.9. The maximum absolute atomic E-state index is 13.3. The van der Waals surface area contributed by atoms with Gasteiger partial charge in [0.1, 0.15) is 0 Å². The number of methoxy groups -OCH3 is 1. The van der Waals surface area contributed by atoms with Crippen molar-refractivity contribution in [1.82, 2.24) is 15.2 Å². The highest BCUT2D eigenvalue weighted by atomic mass is 32.2. The molecule has 3 aromatic rings. The lowest BCUT2D eigenvalue weighted by molar-refractivity contribution is -0.110. The van der Waals surface area contributed by atoms with E-state index in [0.29, 0.717) is 57.0 Å².